The first-order valence-corrected chi connectivity index (χ1v) is 7.22. The molecule has 3 unspecified atom stereocenters. The van der Waals surface area contributed by atoms with E-state index in [1.165, 1.54) is 19.4 Å². The van der Waals surface area contributed by atoms with Gasteiger partial charge in [0.25, 0.3) is 0 Å². The topological polar surface area (TPSA) is 15.3 Å². The van der Waals surface area contributed by atoms with Crippen molar-refractivity contribution < 1.29 is 0 Å². The van der Waals surface area contributed by atoms with E-state index in [9.17, 15) is 0 Å². The van der Waals surface area contributed by atoms with Crippen molar-refractivity contribution in [3.63, 3.8) is 0 Å². The van der Waals surface area contributed by atoms with Crippen LogP contribution in [0.3, 0.4) is 0 Å². The van der Waals surface area contributed by atoms with Crippen LogP contribution in [0.4, 0.5) is 0 Å². The summed E-state index contributed by atoms with van der Waals surface area (Å²) in [5.41, 5.74) is 3.26. The maximum Gasteiger partial charge on any atom is 0.0104 e. The van der Waals surface area contributed by atoms with E-state index in [2.05, 4.69) is 41.5 Å². The largest absolute Gasteiger partial charge is 0.318 e. The molecule has 0 saturated heterocycles. The minimum atomic E-state index is 0.868. The molecule has 0 bridgehead atoms. The third kappa shape index (κ3) is 2.19. The number of hydrogen-bond acceptors (Lipinski definition) is 2. The van der Waals surface area contributed by atoms with E-state index < -0.39 is 0 Å². The smallest absolute Gasteiger partial charge is 0.0104 e. The number of likely N-dealkylation sites (N-methyl/N-ethyl adjacent to an activating group) is 2. The van der Waals surface area contributed by atoms with Crippen LogP contribution in [0.15, 0.2) is 24.3 Å². The lowest BCUT2D eigenvalue weighted by Crippen LogP contribution is -2.29. The number of hydrogen-bond donors (Lipinski definition) is 1. The van der Waals surface area contributed by atoms with Crippen molar-refractivity contribution >= 4 is 0 Å². The molecule has 0 amide bonds. The molecular weight excluding hydrogens is 220 g/mol. The van der Waals surface area contributed by atoms with Crippen molar-refractivity contribution in [1.29, 1.82) is 0 Å². The van der Waals surface area contributed by atoms with E-state index in [-0.39, 0.29) is 0 Å². The van der Waals surface area contributed by atoms with Crippen LogP contribution in [-0.2, 0) is 6.42 Å². The van der Waals surface area contributed by atoms with Crippen molar-refractivity contribution in [1.82, 2.24) is 10.2 Å². The number of rotatable bonds is 5. The van der Waals surface area contributed by atoms with Gasteiger partial charge in [-0.3, -0.25) is 0 Å². The summed E-state index contributed by atoms with van der Waals surface area (Å²) in [6.45, 7) is 3.52. The molecule has 1 N–H and O–H groups in total. The van der Waals surface area contributed by atoms with E-state index in [0.717, 1.165) is 30.8 Å². The molecule has 0 heterocycles. The quantitative estimate of drug-likeness (QED) is 0.853. The van der Waals surface area contributed by atoms with Crippen molar-refractivity contribution in [3.8, 4) is 0 Å². The summed E-state index contributed by atoms with van der Waals surface area (Å²) in [6, 6.07) is 9.09. The maximum absolute atomic E-state index is 3.23. The summed E-state index contributed by atoms with van der Waals surface area (Å²) in [5, 5.41) is 3.23. The summed E-state index contributed by atoms with van der Waals surface area (Å²) in [5.74, 6) is 2.75. The van der Waals surface area contributed by atoms with Crippen LogP contribution in [0.25, 0.3) is 0 Å². The number of nitrogens with zero attached hydrogens (tertiary/aromatic N) is 1. The zero-order valence-corrected chi connectivity index (χ0v) is 11.5. The monoisotopic (exact) mass is 244 g/mol. The first-order chi connectivity index (χ1) is 8.81. The van der Waals surface area contributed by atoms with Gasteiger partial charge in [0.1, 0.15) is 0 Å². The van der Waals surface area contributed by atoms with Gasteiger partial charge < -0.3 is 10.2 Å². The van der Waals surface area contributed by atoms with Crippen LogP contribution in [0.1, 0.15) is 23.5 Å². The highest BCUT2D eigenvalue weighted by atomic mass is 15.1. The highest BCUT2D eigenvalue weighted by molar-refractivity contribution is 5.39. The van der Waals surface area contributed by atoms with Gasteiger partial charge in [0.2, 0.25) is 0 Å². The van der Waals surface area contributed by atoms with Crippen LogP contribution in [0.5, 0.6) is 0 Å². The molecular formula is C16H24N2. The Morgan fingerprint density at radius 2 is 2.17 bits per heavy atom. The van der Waals surface area contributed by atoms with Crippen molar-refractivity contribution in [2.45, 2.75) is 18.8 Å². The summed E-state index contributed by atoms with van der Waals surface area (Å²) in [6.07, 6.45) is 2.71. The zero-order chi connectivity index (χ0) is 12.5. The molecule has 0 spiro atoms. The summed E-state index contributed by atoms with van der Waals surface area (Å²) in [4.78, 5) is 2.49. The number of fused-ring (bicyclic) bond motifs is 3. The fourth-order valence-corrected chi connectivity index (χ4v) is 3.71. The number of nitrogens with one attached hydrogen (secondary N) is 1. The third-order valence-corrected chi connectivity index (χ3v) is 4.76. The Morgan fingerprint density at radius 1 is 1.33 bits per heavy atom. The molecule has 1 saturated carbocycles. The average Bonchev–Trinajstić information content (AvgIpc) is 3.10. The van der Waals surface area contributed by atoms with Crippen molar-refractivity contribution in [2.75, 3.05) is 33.7 Å². The molecule has 0 aliphatic heterocycles. The Bertz CT molecular complexity index is 415. The minimum absolute atomic E-state index is 0.868. The molecule has 2 nitrogen and oxygen atoms in total. The minimum Gasteiger partial charge on any atom is -0.318 e. The van der Waals surface area contributed by atoms with Crippen LogP contribution < -0.4 is 5.32 Å². The Balaban J connectivity index is 1.63. The lowest BCUT2D eigenvalue weighted by molar-refractivity contribution is 0.313. The molecule has 0 aromatic heterocycles. The van der Waals surface area contributed by atoms with E-state index in [0.29, 0.717) is 0 Å². The van der Waals surface area contributed by atoms with Crippen molar-refractivity contribution in [3.05, 3.63) is 35.4 Å². The second kappa shape index (κ2) is 5.02. The highest BCUT2D eigenvalue weighted by Crippen LogP contribution is 2.59. The maximum atomic E-state index is 3.23. The van der Waals surface area contributed by atoms with Gasteiger partial charge in [0, 0.05) is 19.6 Å². The molecule has 18 heavy (non-hydrogen) atoms. The Kier molecular flexibility index (Phi) is 3.40. The lowest BCUT2D eigenvalue weighted by atomic mass is 9.92. The standard InChI is InChI=1S/C16H24N2/c1-17-9-10-18(2)11-15-14-8-7-12-5-3-4-6-13(12)16(14)15/h3-6,14-17H,7-11H2,1-2H3. The van der Waals surface area contributed by atoms with E-state index in [1.54, 1.807) is 11.1 Å². The average molecular weight is 244 g/mol. The first-order valence-electron chi connectivity index (χ1n) is 7.22. The van der Waals surface area contributed by atoms with Crippen LogP contribution >= 0.6 is 0 Å². The Morgan fingerprint density at radius 3 is 3.00 bits per heavy atom. The summed E-state index contributed by atoms with van der Waals surface area (Å²) in [7, 11) is 4.29. The van der Waals surface area contributed by atoms with E-state index >= 15 is 0 Å². The third-order valence-electron chi connectivity index (χ3n) is 4.76. The SMILES string of the molecule is CNCCN(C)CC1C2CCc3ccccc3C21. The molecule has 3 rings (SSSR count). The fourth-order valence-electron chi connectivity index (χ4n) is 3.71. The van der Waals surface area contributed by atoms with Gasteiger partial charge in [-0.05, 0) is 55.8 Å². The molecule has 2 heteroatoms. The molecule has 2 aliphatic carbocycles. The van der Waals surface area contributed by atoms with Gasteiger partial charge in [0.05, 0.1) is 0 Å². The van der Waals surface area contributed by atoms with Gasteiger partial charge >= 0.3 is 0 Å². The predicted octanol–water partition coefficient (Wildman–Crippen LogP) is 2.11. The molecule has 98 valence electrons. The van der Waals surface area contributed by atoms with Gasteiger partial charge in [0.15, 0.2) is 0 Å². The zero-order valence-electron chi connectivity index (χ0n) is 11.5. The first kappa shape index (κ1) is 12.2. The molecule has 1 aromatic carbocycles. The Hall–Kier alpha value is -0.860. The van der Waals surface area contributed by atoms with Gasteiger partial charge in [-0.2, -0.15) is 0 Å². The summed E-state index contributed by atoms with van der Waals surface area (Å²) < 4.78 is 0. The fraction of sp³-hybridized carbons (Fsp3) is 0.625. The van der Waals surface area contributed by atoms with Crippen LogP contribution in [-0.4, -0.2) is 38.6 Å². The van der Waals surface area contributed by atoms with E-state index in [1.807, 2.05) is 7.05 Å². The number of aryl methyl sites for hydroxylation is 1. The predicted molar refractivity (Wildman–Crippen MR) is 75.9 cm³/mol. The molecule has 2 aliphatic rings. The van der Waals surface area contributed by atoms with Crippen molar-refractivity contribution in [2.24, 2.45) is 11.8 Å². The second-order valence-corrected chi connectivity index (χ2v) is 5.96. The van der Waals surface area contributed by atoms with E-state index in [4.69, 9.17) is 0 Å². The van der Waals surface area contributed by atoms with Gasteiger partial charge in [-0.25, -0.2) is 0 Å². The van der Waals surface area contributed by atoms with Crippen LogP contribution in [0, 0.1) is 11.8 Å². The van der Waals surface area contributed by atoms with Crippen LogP contribution in [0.2, 0.25) is 0 Å². The lowest BCUT2D eigenvalue weighted by Gasteiger charge is -2.16. The number of benzene rings is 1. The summed E-state index contributed by atoms with van der Waals surface area (Å²) >= 11 is 0. The molecule has 1 fully saturated rings. The van der Waals surface area contributed by atoms with Gasteiger partial charge in [-0.1, -0.05) is 24.3 Å². The Labute approximate surface area is 110 Å². The second-order valence-electron chi connectivity index (χ2n) is 5.96. The molecule has 1 aromatic rings. The molecule has 3 atom stereocenters. The molecule has 0 radical (unpaired) electrons. The normalized spacial score (nSPS) is 28.9. The highest BCUT2D eigenvalue weighted by Gasteiger charge is 2.52. The van der Waals surface area contributed by atoms with Gasteiger partial charge in [-0.15, -0.1) is 0 Å².